The first kappa shape index (κ1) is 24.2. The number of nitrogens with one attached hydrogen (secondary N) is 1. The molecule has 0 bridgehead atoms. The van der Waals surface area contributed by atoms with Crippen molar-refractivity contribution in [1.29, 1.82) is 0 Å². The van der Waals surface area contributed by atoms with Gasteiger partial charge < -0.3 is 18.9 Å². The molecule has 0 saturated heterocycles. The first-order valence-corrected chi connectivity index (χ1v) is 12.1. The number of hydrogen-bond acceptors (Lipinski definition) is 9. The average molecular weight is 500 g/mol. The first-order chi connectivity index (χ1) is 16.9. The highest BCUT2D eigenvalue weighted by atomic mass is 32.2. The summed E-state index contributed by atoms with van der Waals surface area (Å²) in [6, 6.07) is 13.3. The first-order valence-electron chi connectivity index (χ1n) is 10.6. The molecule has 2 aromatic heterocycles. The van der Waals surface area contributed by atoms with E-state index in [0.29, 0.717) is 34.3 Å². The lowest BCUT2D eigenvalue weighted by Crippen LogP contribution is -2.28. The summed E-state index contributed by atoms with van der Waals surface area (Å²) in [7, 11) is 0.963. The van der Waals surface area contributed by atoms with Crippen molar-refractivity contribution >= 4 is 15.7 Å². The van der Waals surface area contributed by atoms with Crippen LogP contribution in [0.3, 0.4) is 0 Å². The highest BCUT2D eigenvalue weighted by Crippen LogP contribution is 2.32. The van der Waals surface area contributed by atoms with Crippen molar-refractivity contribution in [3.63, 3.8) is 0 Å². The molecule has 0 atom stereocenters. The third-order valence-electron chi connectivity index (χ3n) is 5.21. The number of fused-ring (bicyclic) bond motifs is 1. The van der Waals surface area contributed by atoms with Crippen LogP contribution in [0, 0.1) is 6.92 Å². The third-order valence-corrected chi connectivity index (χ3v) is 6.67. The SMILES string of the molecule is COc1ccc(-c2nnc3ccc(OCCNS(=O)(=O)c4ccc(OC)c(C)c4)nn23)c(OC)c1. The van der Waals surface area contributed by atoms with Gasteiger partial charge in [-0.1, -0.05) is 0 Å². The number of methoxy groups -OCH3 is 3. The van der Waals surface area contributed by atoms with E-state index >= 15 is 0 Å². The molecule has 4 aromatic rings. The van der Waals surface area contributed by atoms with E-state index in [4.69, 9.17) is 18.9 Å². The Morgan fingerprint density at radius 3 is 2.43 bits per heavy atom. The summed E-state index contributed by atoms with van der Waals surface area (Å²) in [6.07, 6.45) is 0. The molecule has 0 aliphatic carbocycles. The van der Waals surface area contributed by atoms with E-state index in [-0.39, 0.29) is 23.9 Å². The lowest BCUT2D eigenvalue weighted by molar-refractivity contribution is 0.306. The van der Waals surface area contributed by atoms with Crippen molar-refractivity contribution in [1.82, 2.24) is 24.5 Å². The molecule has 0 amide bonds. The largest absolute Gasteiger partial charge is 0.497 e. The molecule has 11 nitrogen and oxygen atoms in total. The van der Waals surface area contributed by atoms with E-state index in [9.17, 15) is 8.42 Å². The van der Waals surface area contributed by atoms with Gasteiger partial charge in [-0.25, -0.2) is 13.1 Å². The fraction of sp³-hybridized carbons (Fsp3) is 0.261. The minimum Gasteiger partial charge on any atom is -0.497 e. The number of hydrogen-bond donors (Lipinski definition) is 1. The zero-order valence-corrected chi connectivity index (χ0v) is 20.5. The Kier molecular flexibility index (Phi) is 7.03. The highest BCUT2D eigenvalue weighted by Gasteiger charge is 2.17. The van der Waals surface area contributed by atoms with Crippen molar-refractivity contribution in [3.8, 4) is 34.5 Å². The Morgan fingerprint density at radius 1 is 0.914 bits per heavy atom. The van der Waals surface area contributed by atoms with Crippen LogP contribution in [-0.4, -0.2) is 62.7 Å². The molecule has 0 saturated carbocycles. The number of nitrogens with zero attached hydrogens (tertiary/aromatic N) is 4. The minimum atomic E-state index is -3.70. The van der Waals surface area contributed by atoms with Gasteiger partial charge in [0, 0.05) is 18.7 Å². The van der Waals surface area contributed by atoms with Crippen molar-refractivity contribution < 1.29 is 27.4 Å². The van der Waals surface area contributed by atoms with Crippen LogP contribution in [0.15, 0.2) is 53.4 Å². The third kappa shape index (κ3) is 5.12. The maximum absolute atomic E-state index is 12.6. The quantitative estimate of drug-likeness (QED) is 0.328. The van der Waals surface area contributed by atoms with E-state index in [1.54, 1.807) is 63.6 Å². The van der Waals surface area contributed by atoms with Crippen LogP contribution < -0.4 is 23.7 Å². The van der Waals surface area contributed by atoms with Gasteiger partial charge in [-0.15, -0.1) is 15.3 Å². The van der Waals surface area contributed by atoms with Gasteiger partial charge in [0.25, 0.3) is 0 Å². The zero-order valence-electron chi connectivity index (χ0n) is 19.7. The van der Waals surface area contributed by atoms with E-state index in [1.165, 1.54) is 17.7 Å². The Hall–Kier alpha value is -3.90. The number of ether oxygens (including phenoxy) is 4. The van der Waals surface area contributed by atoms with Gasteiger partial charge in [0.15, 0.2) is 11.5 Å². The normalized spacial score (nSPS) is 11.4. The molecular formula is C23H25N5O6S. The average Bonchev–Trinajstić information content (AvgIpc) is 3.29. The molecule has 2 aromatic carbocycles. The molecule has 12 heteroatoms. The number of sulfonamides is 1. The molecule has 0 aliphatic heterocycles. The van der Waals surface area contributed by atoms with Crippen LogP contribution in [0.25, 0.3) is 17.0 Å². The standard InChI is InChI=1S/C23H25N5O6S/c1-15-13-17(6-8-19(15)32-3)35(29,30)24-11-12-34-22-10-9-21-25-26-23(28(21)27-22)18-7-5-16(31-2)14-20(18)33-4/h5-10,13-14,24H,11-12H2,1-4H3. The lowest BCUT2D eigenvalue weighted by Gasteiger charge is -2.11. The number of aromatic nitrogens is 4. The Bertz CT molecular complexity index is 1450. The molecule has 1 N–H and O–H groups in total. The van der Waals surface area contributed by atoms with Crippen LogP contribution in [-0.2, 0) is 10.0 Å². The highest BCUT2D eigenvalue weighted by molar-refractivity contribution is 7.89. The van der Waals surface area contributed by atoms with E-state index in [0.717, 1.165) is 5.56 Å². The fourth-order valence-corrected chi connectivity index (χ4v) is 4.53. The molecule has 35 heavy (non-hydrogen) atoms. The lowest BCUT2D eigenvalue weighted by atomic mass is 10.2. The molecule has 0 aliphatic rings. The summed E-state index contributed by atoms with van der Waals surface area (Å²) in [5.74, 6) is 2.55. The van der Waals surface area contributed by atoms with Crippen LogP contribution in [0.2, 0.25) is 0 Å². The predicted molar refractivity (Wildman–Crippen MR) is 128 cm³/mol. The molecule has 4 rings (SSSR count). The molecule has 0 unspecified atom stereocenters. The number of rotatable bonds is 10. The molecular weight excluding hydrogens is 474 g/mol. The second kappa shape index (κ2) is 10.2. The zero-order chi connectivity index (χ0) is 25.0. The van der Waals surface area contributed by atoms with Crippen molar-refractivity contribution in [2.24, 2.45) is 0 Å². The molecule has 0 radical (unpaired) electrons. The van der Waals surface area contributed by atoms with Gasteiger partial charge in [-0.05, 0) is 48.9 Å². The van der Waals surface area contributed by atoms with Crippen LogP contribution >= 0.6 is 0 Å². The van der Waals surface area contributed by atoms with Crippen LogP contribution in [0.4, 0.5) is 0 Å². The van der Waals surface area contributed by atoms with E-state index in [2.05, 4.69) is 20.0 Å². The predicted octanol–water partition coefficient (Wildman–Crippen LogP) is 2.48. The molecule has 2 heterocycles. The Balaban J connectivity index is 1.46. The smallest absolute Gasteiger partial charge is 0.240 e. The van der Waals surface area contributed by atoms with E-state index in [1.807, 2.05) is 0 Å². The van der Waals surface area contributed by atoms with Gasteiger partial charge in [0.1, 0.15) is 23.9 Å². The second-order valence-corrected chi connectivity index (χ2v) is 9.18. The van der Waals surface area contributed by atoms with Gasteiger partial charge in [0.2, 0.25) is 15.9 Å². The maximum atomic E-state index is 12.6. The molecule has 0 spiro atoms. The van der Waals surface area contributed by atoms with Crippen molar-refractivity contribution in [3.05, 3.63) is 54.1 Å². The summed E-state index contributed by atoms with van der Waals surface area (Å²) in [5, 5.41) is 12.8. The van der Waals surface area contributed by atoms with Gasteiger partial charge in [0.05, 0.1) is 31.8 Å². The monoisotopic (exact) mass is 499 g/mol. The Morgan fingerprint density at radius 2 is 1.71 bits per heavy atom. The second-order valence-electron chi connectivity index (χ2n) is 7.41. The van der Waals surface area contributed by atoms with Gasteiger partial charge in [-0.2, -0.15) is 4.52 Å². The summed E-state index contributed by atoms with van der Waals surface area (Å²) in [6.45, 7) is 1.90. The number of aryl methyl sites for hydroxylation is 1. The summed E-state index contributed by atoms with van der Waals surface area (Å²) < 4.78 is 50.8. The summed E-state index contributed by atoms with van der Waals surface area (Å²) >= 11 is 0. The van der Waals surface area contributed by atoms with Gasteiger partial charge in [-0.3, -0.25) is 0 Å². The minimum absolute atomic E-state index is 0.0501. The Labute approximate surface area is 202 Å². The van der Waals surface area contributed by atoms with Crippen molar-refractivity contribution in [2.75, 3.05) is 34.5 Å². The molecule has 184 valence electrons. The van der Waals surface area contributed by atoms with Crippen molar-refractivity contribution in [2.45, 2.75) is 11.8 Å². The van der Waals surface area contributed by atoms with Crippen LogP contribution in [0.1, 0.15) is 5.56 Å². The number of benzene rings is 2. The molecule has 0 fully saturated rings. The van der Waals surface area contributed by atoms with Gasteiger partial charge >= 0.3 is 0 Å². The van der Waals surface area contributed by atoms with Crippen LogP contribution in [0.5, 0.6) is 23.1 Å². The summed E-state index contributed by atoms with van der Waals surface area (Å²) in [5.41, 5.74) is 1.91. The maximum Gasteiger partial charge on any atom is 0.240 e. The topological polar surface area (TPSA) is 126 Å². The van der Waals surface area contributed by atoms with E-state index < -0.39 is 10.0 Å². The fourth-order valence-electron chi connectivity index (χ4n) is 3.43. The summed E-state index contributed by atoms with van der Waals surface area (Å²) in [4.78, 5) is 0.151.